The van der Waals surface area contributed by atoms with E-state index in [-0.39, 0.29) is 18.1 Å². The summed E-state index contributed by atoms with van der Waals surface area (Å²) in [7, 11) is 3.07. The Labute approximate surface area is 163 Å². The highest BCUT2D eigenvalue weighted by Gasteiger charge is 2.26. The summed E-state index contributed by atoms with van der Waals surface area (Å²) in [6.07, 6.45) is 6.31. The molecule has 1 amide bonds. The second-order valence-corrected chi connectivity index (χ2v) is 6.73. The quantitative estimate of drug-likeness (QED) is 0.813. The van der Waals surface area contributed by atoms with Crippen molar-refractivity contribution in [3.63, 3.8) is 0 Å². The summed E-state index contributed by atoms with van der Waals surface area (Å²) in [5, 5.41) is 3.55. The Morgan fingerprint density at radius 2 is 1.81 bits per heavy atom. The fourth-order valence-electron chi connectivity index (χ4n) is 3.16. The molecule has 3 rings (SSSR count). The zero-order valence-corrected chi connectivity index (χ0v) is 16.0. The number of nitrogens with one attached hydrogen (secondary N) is 1. The number of rotatable bonds is 6. The maximum absolute atomic E-state index is 12.7. The lowest BCUT2D eigenvalue weighted by molar-refractivity contribution is 0.0881. The van der Waals surface area contributed by atoms with E-state index in [1.54, 1.807) is 25.3 Å². The van der Waals surface area contributed by atoms with Crippen molar-refractivity contribution < 1.29 is 19.0 Å². The van der Waals surface area contributed by atoms with Crippen molar-refractivity contribution in [3.8, 4) is 17.5 Å². The lowest BCUT2D eigenvalue weighted by Gasteiger charge is -2.29. The van der Waals surface area contributed by atoms with Gasteiger partial charge in [-0.25, -0.2) is 9.97 Å². The number of para-hydroxylation sites is 1. The van der Waals surface area contributed by atoms with Crippen LogP contribution in [0, 0.1) is 0 Å². The molecule has 1 aromatic carbocycles. The van der Waals surface area contributed by atoms with Crippen LogP contribution >= 0.6 is 11.6 Å². The molecule has 0 atom stereocenters. The Morgan fingerprint density at radius 3 is 2.44 bits per heavy atom. The summed E-state index contributed by atoms with van der Waals surface area (Å²) in [6.45, 7) is 0. The van der Waals surface area contributed by atoms with Gasteiger partial charge in [-0.2, -0.15) is 0 Å². The molecular formula is C19H22ClN3O4. The van der Waals surface area contributed by atoms with Gasteiger partial charge in [-0.05, 0) is 37.8 Å². The van der Waals surface area contributed by atoms with Crippen molar-refractivity contribution in [1.29, 1.82) is 0 Å². The zero-order chi connectivity index (χ0) is 19.2. The molecule has 2 aromatic rings. The minimum atomic E-state index is -0.170. The third-order valence-corrected chi connectivity index (χ3v) is 4.72. The number of ether oxygens (including phenoxy) is 3. The van der Waals surface area contributed by atoms with Crippen LogP contribution in [-0.4, -0.2) is 42.2 Å². The SMILES string of the molecule is COc1cccc(C(=O)NC2CCC(Oc3ncc(Cl)cn3)CC2)c1OC. The van der Waals surface area contributed by atoms with Gasteiger partial charge in [0.05, 0.1) is 37.2 Å². The summed E-state index contributed by atoms with van der Waals surface area (Å²) >= 11 is 5.78. The van der Waals surface area contributed by atoms with Crippen LogP contribution in [0.2, 0.25) is 5.02 Å². The highest BCUT2D eigenvalue weighted by molar-refractivity contribution is 6.30. The van der Waals surface area contributed by atoms with E-state index in [1.807, 2.05) is 0 Å². The topological polar surface area (TPSA) is 82.6 Å². The van der Waals surface area contributed by atoms with Crippen molar-refractivity contribution in [2.24, 2.45) is 0 Å². The number of aromatic nitrogens is 2. The minimum absolute atomic E-state index is 0.0330. The Balaban J connectivity index is 1.54. The Morgan fingerprint density at radius 1 is 1.11 bits per heavy atom. The van der Waals surface area contributed by atoms with Gasteiger partial charge in [0, 0.05) is 6.04 Å². The standard InChI is InChI=1S/C19H22ClN3O4/c1-25-16-5-3-4-15(17(16)26-2)18(24)23-13-6-8-14(9-7-13)27-19-21-10-12(20)11-22-19/h3-5,10-11,13-14H,6-9H2,1-2H3,(H,23,24). The lowest BCUT2D eigenvalue weighted by atomic mass is 9.92. The van der Waals surface area contributed by atoms with Crippen LogP contribution in [0.1, 0.15) is 36.0 Å². The average molecular weight is 392 g/mol. The monoisotopic (exact) mass is 391 g/mol. The first-order valence-corrected chi connectivity index (χ1v) is 9.14. The second-order valence-electron chi connectivity index (χ2n) is 6.29. The number of nitrogens with zero attached hydrogens (tertiary/aromatic N) is 2. The molecule has 0 bridgehead atoms. The molecule has 144 valence electrons. The molecule has 1 aliphatic carbocycles. The zero-order valence-electron chi connectivity index (χ0n) is 15.3. The molecule has 1 aromatic heterocycles. The number of carbonyl (C=O) groups excluding carboxylic acids is 1. The smallest absolute Gasteiger partial charge is 0.316 e. The van der Waals surface area contributed by atoms with Gasteiger partial charge in [-0.3, -0.25) is 4.79 Å². The maximum atomic E-state index is 12.7. The average Bonchev–Trinajstić information content (AvgIpc) is 2.70. The molecule has 0 radical (unpaired) electrons. The molecule has 0 saturated heterocycles. The van der Waals surface area contributed by atoms with Gasteiger partial charge in [-0.15, -0.1) is 0 Å². The molecule has 0 spiro atoms. The summed E-state index contributed by atoms with van der Waals surface area (Å²) < 4.78 is 16.4. The number of amides is 1. The lowest BCUT2D eigenvalue weighted by Crippen LogP contribution is -2.40. The third-order valence-electron chi connectivity index (χ3n) is 4.53. The number of methoxy groups -OCH3 is 2. The van der Waals surface area contributed by atoms with Crippen LogP contribution in [0.15, 0.2) is 30.6 Å². The summed E-state index contributed by atoms with van der Waals surface area (Å²) in [5.74, 6) is 0.802. The van der Waals surface area contributed by atoms with E-state index in [0.717, 1.165) is 25.7 Å². The highest BCUT2D eigenvalue weighted by Crippen LogP contribution is 2.31. The van der Waals surface area contributed by atoms with E-state index in [1.165, 1.54) is 19.5 Å². The van der Waals surface area contributed by atoms with Crippen molar-refractivity contribution >= 4 is 17.5 Å². The predicted molar refractivity (Wildman–Crippen MR) is 101 cm³/mol. The second kappa shape index (κ2) is 8.90. The Kier molecular flexibility index (Phi) is 6.34. The van der Waals surface area contributed by atoms with Crippen LogP contribution in [-0.2, 0) is 0 Å². The molecule has 1 heterocycles. The van der Waals surface area contributed by atoms with E-state index in [0.29, 0.717) is 28.1 Å². The van der Waals surface area contributed by atoms with Gasteiger partial charge in [-0.1, -0.05) is 17.7 Å². The Bertz CT molecular complexity index is 777. The predicted octanol–water partition coefficient (Wildman–Crippen LogP) is 3.27. The number of hydrogen-bond donors (Lipinski definition) is 1. The van der Waals surface area contributed by atoms with Crippen LogP contribution in [0.4, 0.5) is 0 Å². The molecular weight excluding hydrogens is 370 g/mol. The van der Waals surface area contributed by atoms with E-state index in [4.69, 9.17) is 25.8 Å². The molecule has 1 saturated carbocycles. The fourth-order valence-corrected chi connectivity index (χ4v) is 3.26. The third kappa shape index (κ3) is 4.80. The molecule has 7 nitrogen and oxygen atoms in total. The van der Waals surface area contributed by atoms with E-state index in [9.17, 15) is 4.79 Å². The summed E-state index contributed by atoms with van der Waals surface area (Å²) in [5.41, 5.74) is 0.463. The molecule has 1 aliphatic rings. The van der Waals surface area contributed by atoms with Gasteiger partial charge < -0.3 is 19.5 Å². The molecule has 27 heavy (non-hydrogen) atoms. The molecule has 1 N–H and O–H groups in total. The van der Waals surface area contributed by atoms with Gasteiger partial charge in [0.25, 0.3) is 5.91 Å². The first-order chi connectivity index (χ1) is 13.1. The van der Waals surface area contributed by atoms with Crippen LogP contribution in [0.3, 0.4) is 0 Å². The van der Waals surface area contributed by atoms with Gasteiger partial charge >= 0.3 is 6.01 Å². The van der Waals surface area contributed by atoms with Crippen molar-refractivity contribution in [1.82, 2.24) is 15.3 Å². The number of benzene rings is 1. The van der Waals surface area contributed by atoms with Crippen molar-refractivity contribution in [2.45, 2.75) is 37.8 Å². The van der Waals surface area contributed by atoms with Crippen LogP contribution < -0.4 is 19.5 Å². The summed E-state index contributed by atoms with van der Waals surface area (Å²) in [6, 6.07) is 5.67. The van der Waals surface area contributed by atoms with E-state index < -0.39 is 0 Å². The first-order valence-electron chi connectivity index (χ1n) is 8.76. The molecule has 0 aliphatic heterocycles. The van der Waals surface area contributed by atoms with Gasteiger partial charge in [0.1, 0.15) is 6.10 Å². The maximum Gasteiger partial charge on any atom is 0.316 e. The van der Waals surface area contributed by atoms with E-state index >= 15 is 0 Å². The van der Waals surface area contributed by atoms with E-state index in [2.05, 4.69) is 15.3 Å². The minimum Gasteiger partial charge on any atom is -0.493 e. The number of hydrogen-bond acceptors (Lipinski definition) is 6. The van der Waals surface area contributed by atoms with Crippen LogP contribution in [0.5, 0.6) is 17.5 Å². The Hall–Kier alpha value is -2.54. The van der Waals surface area contributed by atoms with Gasteiger partial charge in [0.15, 0.2) is 11.5 Å². The van der Waals surface area contributed by atoms with Crippen molar-refractivity contribution in [3.05, 3.63) is 41.2 Å². The van der Waals surface area contributed by atoms with Crippen LogP contribution in [0.25, 0.3) is 0 Å². The van der Waals surface area contributed by atoms with Crippen molar-refractivity contribution in [2.75, 3.05) is 14.2 Å². The number of halogens is 1. The first kappa shape index (κ1) is 19.2. The molecule has 8 heteroatoms. The molecule has 0 unspecified atom stereocenters. The van der Waals surface area contributed by atoms with Gasteiger partial charge in [0.2, 0.25) is 0 Å². The molecule has 1 fully saturated rings. The largest absolute Gasteiger partial charge is 0.493 e. The highest BCUT2D eigenvalue weighted by atomic mass is 35.5. The fraction of sp³-hybridized carbons (Fsp3) is 0.421. The number of carbonyl (C=O) groups is 1. The normalized spacial score (nSPS) is 19.2. The summed E-state index contributed by atoms with van der Waals surface area (Å²) in [4.78, 5) is 20.8.